The Morgan fingerprint density at radius 2 is 1.87 bits per heavy atom. The minimum Gasteiger partial charge on any atom is -0.486 e. The van der Waals surface area contributed by atoms with E-state index in [9.17, 15) is 9.59 Å². The van der Waals surface area contributed by atoms with Crippen LogP contribution in [0.1, 0.15) is 22.8 Å². The Hall–Kier alpha value is -3.81. The fraction of sp³-hybridized carbons (Fsp3) is 0.261. The molecule has 0 aliphatic carbocycles. The average Bonchev–Trinajstić information content (AvgIpc) is 3.36. The normalized spacial score (nSPS) is 12.3. The maximum Gasteiger partial charge on any atom is 0.338 e. The minimum absolute atomic E-state index is 0.265. The number of esters is 1. The summed E-state index contributed by atoms with van der Waals surface area (Å²) in [6.45, 7) is 3.48. The van der Waals surface area contributed by atoms with Crippen LogP contribution in [0, 0.1) is 0 Å². The molecule has 2 heterocycles. The molecule has 0 radical (unpaired) electrons. The van der Waals surface area contributed by atoms with Crippen molar-refractivity contribution < 1.29 is 23.8 Å². The van der Waals surface area contributed by atoms with Crippen LogP contribution in [0.25, 0.3) is 5.69 Å². The van der Waals surface area contributed by atoms with Crippen LogP contribution in [-0.4, -0.2) is 52.9 Å². The number of ether oxygens (including phenoxy) is 3. The number of amides is 1. The van der Waals surface area contributed by atoms with Crippen LogP contribution in [0.5, 0.6) is 11.5 Å². The summed E-state index contributed by atoms with van der Waals surface area (Å²) in [4.78, 5) is 26.5. The summed E-state index contributed by atoms with van der Waals surface area (Å²) in [7, 11) is 0. The Balaban J connectivity index is 1.33. The van der Waals surface area contributed by atoms with E-state index >= 15 is 0 Å². The molecule has 31 heavy (non-hydrogen) atoms. The average molecular weight is 421 g/mol. The minimum atomic E-state index is -0.546. The van der Waals surface area contributed by atoms with E-state index in [0.717, 1.165) is 11.3 Å². The largest absolute Gasteiger partial charge is 0.486 e. The van der Waals surface area contributed by atoms with Gasteiger partial charge in [0.05, 0.1) is 11.3 Å². The Labute approximate surface area is 179 Å². The summed E-state index contributed by atoms with van der Waals surface area (Å²) in [5.74, 6) is 0.573. The molecule has 1 aliphatic heterocycles. The van der Waals surface area contributed by atoms with Gasteiger partial charge in [-0.15, -0.1) is 0 Å². The quantitative estimate of drug-likeness (QED) is 0.546. The molecule has 0 atom stereocenters. The zero-order valence-corrected chi connectivity index (χ0v) is 17.2. The van der Waals surface area contributed by atoms with Gasteiger partial charge >= 0.3 is 5.97 Å². The van der Waals surface area contributed by atoms with Crippen molar-refractivity contribution in [2.75, 3.05) is 26.4 Å². The first kappa shape index (κ1) is 20.5. The van der Waals surface area contributed by atoms with E-state index in [1.165, 1.54) is 0 Å². The fourth-order valence-electron chi connectivity index (χ4n) is 3.26. The highest BCUT2D eigenvalue weighted by Gasteiger charge is 2.18. The topological polar surface area (TPSA) is 82.9 Å². The second kappa shape index (κ2) is 9.34. The lowest BCUT2D eigenvalue weighted by Crippen LogP contribution is -2.34. The first-order chi connectivity index (χ1) is 15.1. The Morgan fingerprint density at radius 1 is 1.10 bits per heavy atom. The van der Waals surface area contributed by atoms with E-state index in [-0.39, 0.29) is 12.5 Å². The van der Waals surface area contributed by atoms with E-state index in [4.69, 9.17) is 14.2 Å². The fourth-order valence-corrected chi connectivity index (χ4v) is 3.26. The first-order valence-corrected chi connectivity index (χ1v) is 10.1. The lowest BCUT2D eigenvalue weighted by Gasteiger charge is -2.23. The van der Waals surface area contributed by atoms with Crippen molar-refractivity contribution in [3.63, 3.8) is 0 Å². The molecule has 1 amide bonds. The number of hydrogen-bond acceptors (Lipinski definition) is 6. The van der Waals surface area contributed by atoms with Gasteiger partial charge in [0, 0.05) is 25.5 Å². The van der Waals surface area contributed by atoms with Gasteiger partial charge in [-0.2, -0.15) is 5.10 Å². The van der Waals surface area contributed by atoms with Crippen LogP contribution in [0.3, 0.4) is 0 Å². The summed E-state index contributed by atoms with van der Waals surface area (Å²) in [6, 6.07) is 14.3. The molecule has 0 unspecified atom stereocenters. The van der Waals surface area contributed by atoms with Crippen molar-refractivity contribution in [1.82, 2.24) is 14.7 Å². The van der Waals surface area contributed by atoms with Gasteiger partial charge < -0.3 is 19.1 Å². The predicted molar refractivity (Wildman–Crippen MR) is 112 cm³/mol. The maximum atomic E-state index is 12.6. The molecule has 1 aliphatic rings. The Bertz CT molecular complexity index is 1050. The number of hydrogen-bond donors (Lipinski definition) is 0. The van der Waals surface area contributed by atoms with Crippen LogP contribution in [0.2, 0.25) is 0 Å². The SMILES string of the molecule is CCN(Cc1ccc2c(c1)OCCO2)C(=O)COC(=O)c1ccc(-n2cccn2)cc1. The van der Waals surface area contributed by atoms with Crippen molar-refractivity contribution in [2.24, 2.45) is 0 Å². The third kappa shape index (κ3) is 4.85. The van der Waals surface area contributed by atoms with Crippen LogP contribution < -0.4 is 9.47 Å². The molecule has 0 fully saturated rings. The molecule has 8 heteroatoms. The molecule has 0 saturated carbocycles. The molecule has 0 spiro atoms. The highest BCUT2D eigenvalue weighted by atomic mass is 16.6. The Kier molecular flexibility index (Phi) is 6.16. The molecule has 1 aromatic heterocycles. The number of carbonyl (C=O) groups excluding carboxylic acids is 2. The Morgan fingerprint density at radius 3 is 2.58 bits per heavy atom. The molecule has 3 aromatic rings. The van der Waals surface area contributed by atoms with Crippen LogP contribution in [0.4, 0.5) is 0 Å². The van der Waals surface area contributed by atoms with Gasteiger partial charge in [0.1, 0.15) is 13.2 Å². The van der Waals surface area contributed by atoms with Crippen molar-refractivity contribution in [3.8, 4) is 17.2 Å². The van der Waals surface area contributed by atoms with Crippen molar-refractivity contribution in [1.29, 1.82) is 0 Å². The van der Waals surface area contributed by atoms with Gasteiger partial charge in [-0.25, -0.2) is 9.48 Å². The number of aromatic nitrogens is 2. The summed E-state index contributed by atoms with van der Waals surface area (Å²) in [5, 5.41) is 4.14. The number of carbonyl (C=O) groups is 2. The molecule has 2 aromatic carbocycles. The number of rotatable bonds is 7. The molecular formula is C23H23N3O5. The van der Waals surface area contributed by atoms with Gasteiger partial charge in [0.15, 0.2) is 18.1 Å². The third-order valence-electron chi connectivity index (χ3n) is 4.91. The molecule has 160 valence electrons. The highest BCUT2D eigenvalue weighted by Crippen LogP contribution is 2.31. The van der Waals surface area contributed by atoms with Gasteiger partial charge in [-0.1, -0.05) is 6.07 Å². The second-order valence-corrected chi connectivity index (χ2v) is 6.96. The maximum absolute atomic E-state index is 12.6. The highest BCUT2D eigenvalue weighted by molar-refractivity contribution is 5.91. The summed E-state index contributed by atoms with van der Waals surface area (Å²) in [5.41, 5.74) is 2.12. The second-order valence-electron chi connectivity index (χ2n) is 6.96. The molecule has 0 saturated heterocycles. The van der Waals surface area contributed by atoms with Crippen molar-refractivity contribution in [2.45, 2.75) is 13.5 Å². The zero-order chi connectivity index (χ0) is 21.6. The molecule has 0 bridgehead atoms. The van der Waals surface area contributed by atoms with E-state index in [2.05, 4.69) is 5.10 Å². The van der Waals surface area contributed by atoms with Gasteiger partial charge in [0.2, 0.25) is 0 Å². The van der Waals surface area contributed by atoms with E-state index < -0.39 is 5.97 Å². The smallest absolute Gasteiger partial charge is 0.338 e. The third-order valence-corrected chi connectivity index (χ3v) is 4.91. The molecule has 8 nitrogen and oxygen atoms in total. The number of nitrogens with zero attached hydrogens (tertiary/aromatic N) is 3. The van der Waals surface area contributed by atoms with Crippen LogP contribution in [0.15, 0.2) is 60.9 Å². The monoisotopic (exact) mass is 421 g/mol. The zero-order valence-electron chi connectivity index (χ0n) is 17.2. The summed E-state index contributed by atoms with van der Waals surface area (Å²) >= 11 is 0. The predicted octanol–water partition coefficient (Wildman–Crippen LogP) is 2.85. The van der Waals surface area contributed by atoms with Crippen molar-refractivity contribution >= 4 is 11.9 Å². The lowest BCUT2D eigenvalue weighted by molar-refractivity contribution is -0.134. The standard InChI is InChI=1S/C23H23N3O5/c1-2-25(15-17-4-9-20-21(14-17)30-13-12-29-20)22(27)16-31-23(28)18-5-7-19(8-6-18)26-11-3-10-24-26/h3-11,14H,2,12-13,15-16H2,1H3. The van der Waals surface area contributed by atoms with E-state index in [1.807, 2.05) is 37.4 Å². The number of likely N-dealkylation sites (N-methyl/N-ethyl adjacent to an activating group) is 1. The van der Waals surface area contributed by atoms with Crippen LogP contribution >= 0.6 is 0 Å². The molecule has 4 rings (SSSR count). The molecule has 0 N–H and O–H groups in total. The van der Waals surface area contributed by atoms with Gasteiger partial charge in [0.25, 0.3) is 5.91 Å². The lowest BCUT2D eigenvalue weighted by atomic mass is 10.1. The summed E-state index contributed by atoms with van der Waals surface area (Å²) < 4.78 is 18.0. The van der Waals surface area contributed by atoms with Gasteiger partial charge in [-0.05, 0) is 55.0 Å². The van der Waals surface area contributed by atoms with Gasteiger partial charge in [-0.3, -0.25) is 4.79 Å². The van der Waals surface area contributed by atoms with Crippen molar-refractivity contribution in [3.05, 3.63) is 72.1 Å². The van der Waals surface area contributed by atoms with E-state index in [0.29, 0.717) is 43.4 Å². The summed E-state index contributed by atoms with van der Waals surface area (Å²) in [6.07, 6.45) is 3.49. The molecular weight excluding hydrogens is 398 g/mol. The van der Waals surface area contributed by atoms with E-state index in [1.54, 1.807) is 40.0 Å². The first-order valence-electron chi connectivity index (χ1n) is 10.1. The number of benzene rings is 2. The number of fused-ring (bicyclic) bond motifs is 1. The van der Waals surface area contributed by atoms with Crippen LogP contribution in [-0.2, 0) is 16.1 Å².